The number of rotatable bonds is 6. The highest BCUT2D eigenvalue weighted by Crippen LogP contribution is 2.20. The van der Waals surface area contributed by atoms with E-state index in [9.17, 15) is 9.90 Å². The van der Waals surface area contributed by atoms with Crippen LogP contribution in [0.5, 0.6) is 0 Å². The van der Waals surface area contributed by atoms with Crippen molar-refractivity contribution in [1.29, 1.82) is 0 Å². The Morgan fingerprint density at radius 2 is 2.26 bits per heavy atom. The number of carbonyl (C=O) groups excluding carboxylic acids is 1. The molecular weight excluding hydrogens is 262 g/mol. The Kier molecular flexibility index (Phi) is 5.87. The molecule has 6 heteroatoms. The Morgan fingerprint density at radius 1 is 1.58 bits per heavy atom. The van der Waals surface area contributed by atoms with Crippen LogP contribution in [0.2, 0.25) is 0 Å². The maximum atomic E-state index is 11.6. The van der Waals surface area contributed by atoms with Crippen molar-refractivity contribution in [3.8, 4) is 0 Å². The second-order valence-corrected chi connectivity index (χ2v) is 6.53. The van der Waals surface area contributed by atoms with Crippen molar-refractivity contribution >= 4 is 17.7 Å². The fourth-order valence-electron chi connectivity index (χ4n) is 1.50. The van der Waals surface area contributed by atoms with Gasteiger partial charge in [0, 0.05) is 5.41 Å². The van der Waals surface area contributed by atoms with Crippen LogP contribution in [-0.2, 0) is 16.8 Å². The van der Waals surface area contributed by atoms with Gasteiger partial charge in [0.2, 0.25) is 5.91 Å². The highest BCUT2D eigenvalue weighted by molar-refractivity contribution is 7.98. The summed E-state index contributed by atoms with van der Waals surface area (Å²) in [5, 5.41) is 19.4. The summed E-state index contributed by atoms with van der Waals surface area (Å²) in [6.45, 7) is 6.60. The molecule has 1 amide bonds. The van der Waals surface area contributed by atoms with Crippen LogP contribution in [0.15, 0.2) is 6.07 Å². The summed E-state index contributed by atoms with van der Waals surface area (Å²) < 4.78 is 0. The predicted molar refractivity (Wildman–Crippen MR) is 78.1 cm³/mol. The third kappa shape index (κ3) is 5.24. The van der Waals surface area contributed by atoms with Crippen molar-refractivity contribution in [3.63, 3.8) is 0 Å². The van der Waals surface area contributed by atoms with Gasteiger partial charge < -0.3 is 10.4 Å². The molecule has 0 aliphatic carbocycles. The van der Waals surface area contributed by atoms with Gasteiger partial charge in [0.25, 0.3) is 0 Å². The summed E-state index contributed by atoms with van der Waals surface area (Å²) in [4.78, 5) is 11.6. The van der Waals surface area contributed by atoms with Crippen LogP contribution in [0, 0.1) is 0 Å². The summed E-state index contributed by atoms with van der Waals surface area (Å²) in [6.07, 6.45) is 1.49. The molecule has 1 heterocycles. The van der Waals surface area contributed by atoms with Gasteiger partial charge in [-0.25, -0.2) is 0 Å². The van der Waals surface area contributed by atoms with Crippen molar-refractivity contribution in [2.75, 3.05) is 12.0 Å². The molecule has 0 spiro atoms. The largest absolute Gasteiger partial charge is 0.383 e. The molecule has 0 aromatic carbocycles. The van der Waals surface area contributed by atoms with Crippen molar-refractivity contribution in [3.05, 3.63) is 17.5 Å². The van der Waals surface area contributed by atoms with Crippen LogP contribution in [0.25, 0.3) is 0 Å². The first-order valence-electron chi connectivity index (χ1n) is 6.34. The number of aliphatic hydroxyl groups excluding tert-OH is 1. The fourth-order valence-corrected chi connectivity index (χ4v) is 1.96. The molecule has 3 N–H and O–H groups in total. The SMILES string of the molecule is CSCC[C@@H](O)C(=O)NCc1cc(C(C)(C)C)n[nH]1. The van der Waals surface area contributed by atoms with Gasteiger partial charge in [0.05, 0.1) is 17.9 Å². The van der Waals surface area contributed by atoms with E-state index in [0.29, 0.717) is 13.0 Å². The van der Waals surface area contributed by atoms with E-state index >= 15 is 0 Å². The van der Waals surface area contributed by atoms with Crippen molar-refractivity contribution in [1.82, 2.24) is 15.5 Å². The molecule has 0 aliphatic rings. The Hall–Kier alpha value is -1.01. The van der Waals surface area contributed by atoms with E-state index in [1.165, 1.54) is 0 Å². The molecule has 0 unspecified atom stereocenters. The molecular formula is C13H23N3O2S. The van der Waals surface area contributed by atoms with Gasteiger partial charge in [-0.1, -0.05) is 20.8 Å². The zero-order chi connectivity index (χ0) is 14.5. The van der Waals surface area contributed by atoms with E-state index in [1.54, 1.807) is 11.8 Å². The van der Waals surface area contributed by atoms with E-state index in [0.717, 1.165) is 17.1 Å². The monoisotopic (exact) mass is 285 g/mol. The van der Waals surface area contributed by atoms with Crippen LogP contribution in [0.1, 0.15) is 38.6 Å². The van der Waals surface area contributed by atoms with Crippen LogP contribution < -0.4 is 5.32 Å². The number of amides is 1. The molecule has 5 nitrogen and oxygen atoms in total. The molecule has 1 aromatic heterocycles. The Bertz CT molecular complexity index is 412. The van der Waals surface area contributed by atoms with Gasteiger partial charge in [0.1, 0.15) is 6.10 Å². The molecule has 0 radical (unpaired) electrons. The van der Waals surface area contributed by atoms with Crippen LogP contribution in [-0.4, -0.2) is 39.3 Å². The van der Waals surface area contributed by atoms with Crippen LogP contribution in [0.3, 0.4) is 0 Å². The van der Waals surface area contributed by atoms with E-state index in [4.69, 9.17) is 0 Å². The van der Waals surface area contributed by atoms with Gasteiger partial charge >= 0.3 is 0 Å². The van der Waals surface area contributed by atoms with Crippen molar-refractivity contribution < 1.29 is 9.90 Å². The van der Waals surface area contributed by atoms with Gasteiger partial charge in [-0.3, -0.25) is 9.89 Å². The van der Waals surface area contributed by atoms with E-state index in [1.807, 2.05) is 12.3 Å². The highest BCUT2D eigenvalue weighted by Gasteiger charge is 2.18. The number of aromatic amines is 1. The molecule has 108 valence electrons. The molecule has 0 saturated heterocycles. The zero-order valence-corrected chi connectivity index (χ0v) is 12.8. The number of hydrogen-bond acceptors (Lipinski definition) is 4. The van der Waals surface area contributed by atoms with Crippen LogP contribution in [0.4, 0.5) is 0 Å². The van der Waals surface area contributed by atoms with E-state index < -0.39 is 6.10 Å². The third-order valence-electron chi connectivity index (χ3n) is 2.75. The molecule has 1 rings (SSSR count). The number of nitrogens with zero attached hydrogens (tertiary/aromatic N) is 1. The highest BCUT2D eigenvalue weighted by atomic mass is 32.2. The van der Waals surface area contributed by atoms with Gasteiger partial charge in [-0.15, -0.1) is 0 Å². The summed E-state index contributed by atoms with van der Waals surface area (Å²) in [6, 6.07) is 1.94. The zero-order valence-electron chi connectivity index (χ0n) is 12.0. The molecule has 1 aromatic rings. The lowest BCUT2D eigenvalue weighted by molar-refractivity contribution is -0.129. The maximum absolute atomic E-state index is 11.6. The second kappa shape index (κ2) is 6.96. The normalized spacial score (nSPS) is 13.3. The first-order valence-corrected chi connectivity index (χ1v) is 7.73. The molecule has 0 aliphatic heterocycles. The standard InChI is InChI=1S/C13H23N3O2S/c1-13(2,3)11-7-9(15-16-11)8-14-12(18)10(17)5-6-19-4/h7,10,17H,5-6,8H2,1-4H3,(H,14,18)(H,15,16)/t10-/m1/s1. The lowest BCUT2D eigenvalue weighted by Gasteiger charge is -2.13. The Labute approximate surface area is 118 Å². The molecule has 0 saturated carbocycles. The number of hydrogen-bond donors (Lipinski definition) is 3. The number of carbonyl (C=O) groups is 1. The quantitative estimate of drug-likeness (QED) is 0.739. The summed E-state index contributed by atoms with van der Waals surface area (Å²) >= 11 is 1.61. The average Bonchev–Trinajstić information content (AvgIpc) is 2.81. The first-order chi connectivity index (χ1) is 8.84. The number of aliphatic hydroxyl groups is 1. The van der Waals surface area contributed by atoms with Gasteiger partial charge in [0.15, 0.2) is 0 Å². The smallest absolute Gasteiger partial charge is 0.249 e. The van der Waals surface area contributed by atoms with Gasteiger partial charge in [-0.2, -0.15) is 16.9 Å². The summed E-state index contributed by atoms with van der Waals surface area (Å²) in [5.41, 5.74) is 1.78. The molecule has 19 heavy (non-hydrogen) atoms. The first kappa shape index (κ1) is 16.0. The minimum atomic E-state index is -0.933. The number of nitrogens with one attached hydrogen (secondary N) is 2. The molecule has 0 fully saturated rings. The molecule has 0 bridgehead atoms. The maximum Gasteiger partial charge on any atom is 0.249 e. The van der Waals surface area contributed by atoms with E-state index in [-0.39, 0.29) is 11.3 Å². The predicted octanol–water partition coefficient (Wildman–Crippen LogP) is 1.44. The van der Waals surface area contributed by atoms with E-state index in [2.05, 4.69) is 36.3 Å². The fraction of sp³-hybridized carbons (Fsp3) is 0.692. The lowest BCUT2D eigenvalue weighted by atomic mass is 9.92. The lowest BCUT2D eigenvalue weighted by Crippen LogP contribution is -2.34. The Morgan fingerprint density at radius 3 is 2.79 bits per heavy atom. The number of thioether (sulfide) groups is 1. The minimum Gasteiger partial charge on any atom is -0.383 e. The van der Waals surface area contributed by atoms with Gasteiger partial charge in [-0.05, 0) is 24.5 Å². The van der Waals surface area contributed by atoms with Crippen molar-refractivity contribution in [2.24, 2.45) is 0 Å². The van der Waals surface area contributed by atoms with Crippen molar-refractivity contribution in [2.45, 2.75) is 45.3 Å². The average molecular weight is 285 g/mol. The second-order valence-electron chi connectivity index (χ2n) is 5.54. The topological polar surface area (TPSA) is 78.0 Å². The minimum absolute atomic E-state index is 0.0172. The number of aromatic nitrogens is 2. The molecule has 1 atom stereocenters. The summed E-state index contributed by atoms with van der Waals surface area (Å²) in [7, 11) is 0. The third-order valence-corrected chi connectivity index (χ3v) is 3.39. The van der Waals surface area contributed by atoms with Crippen LogP contribution >= 0.6 is 11.8 Å². The number of H-pyrrole nitrogens is 1. The summed E-state index contributed by atoms with van der Waals surface area (Å²) in [5.74, 6) is 0.438. The Balaban J connectivity index is 2.44.